The van der Waals surface area contributed by atoms with E-state index in [0.717, 1.165) is 28.5 Å². The van der Waals surface area contributed by atoms with E-state index < -0.39 is 0 Å². The fourth-order valence-corrected chi connectivity index (χ4v) is 2.68. The van der Waals surface area contributed by atoms with Crippen LogP contribution in [-0.4, -0.2) is 43.2 Å². The van der Waals surface area contributed by atoms with Gasteiger partial charge in [0.25, 0.3) is 0 Å². The molecule has 0 N–H and O–H groups in total. The summed E-state index contributed by atoms with van der Waals surface area (Å²) < 4.78 is 3.93. The zero-order chi connectivity index (χ0) is 16.5. The van der Waals surface area contributed by atoms with Gasteiger partial charge < -0.3 is 9.47 Å². The van der Waals surface area contributed by atoms with Gasteiger partial charge in [0.2, 0.25) is 0 Å². The minimum Gasteiger partial charge on any atom is -0.363 e. The van der Waals surface area contributed by atoms with Crippen LogP contribution in [0.15, 0.2) is 55.2 Å². The van der Waals surface area contributed by atoms with Crippen LogP contribution in [0, 0.1) is 0 Å². The van der Waals surface area contributed by atoms with Gasteiger partial charge in [-0.3, -0.25) is 0 Å². The number of hydrogen-bond acceptors (Lipinski definition) is 5. The Bertz CT molecular complexity index is 966. The number of nitrogens with zero attached hydrogens (tertiary/aromatic N) is 7. The Morgan fingerprint density at radius 1 is 1.04 bits per heavy atom. The van der Waals surface area contributed by atoms with Crippen molar-refractivity contribution in [1.82, 2.24) is 29.1 Å². The lowest BCUT2D eigenvalue weighted by atomic mass is 10.2. The Balaban J connectivity index is 1.69. The SMILES string of the molecule is CN(C)c1ccc(-c2nccn2Cc2cccc3ncnn23)cn1. The van der Waals surface area contributed by atoms with Crippen molar-refractivity contribution in [3.63, 3.8) is 0 Å². The van der Waals surface area contributed by atoms with Crippen LogP contribution in [0.25, 0.3) is 17.0 Å². The third-order valence-electron chi connectivity index (χ3n) is 3.89. The van der Waals surface area contributed by atoms with Gasteiger partial charge >= 0.3 is 0 Å². The van der Waals surface area contributed by atoms with Crippen LogP contribution in [0.3, 0.4) is 0 Å². The lowest BCUT2D eigenvalue weighted by Gasteiger charge is -2.12. The molecule has 0 aliphatic rings. The van der Waals surface area contributed by atoms with Gasteiger partial charge in [0.15, 0.2) is 5.65 Å². The lowest BCUT2D eigenvalue weighted by Crippen LogP contribution is -2.10. The van der Waals surface area contributed by atoms with Gasteiger partial charge in [-0.05, 0) is 24.3 Å². The molecule has 0 fully saturated rings. The van der Waals surface area contributed by atoms with E-state index in [4.69, 9.17) is 0 Å². The largest absolute Gasteiger partial charge is 0.363 e. The summed E-state index contributed by atoms with van der Waals surface area (Å²) >= 11 is 0. The van der Waals surface area contributed by atoms with Gasteiger partial charge in [0, 0.05) is 38.2 Å². The van der Waals surface area contributed by atoms with E-state index in [1.54, 1.807) is 12.5 Å². The molecular weight excluding hydrogens is 302 g/mol. The Morgan fingerprint density at radius 2 is 1.96 bits per heavy atom. The minimum absolute atomic E-state index is 0.658. The average molecular weight is 319 g/mol. The van der Waals surface area contributed by atoms with Crippen molar-refractivity contribution >= 4 is 11.5 Å². The smallest absolute Gasteiger partial charge is 0.155 e. The maximum Gasteiger partial charge on any atom is 0.155 e. The Morgan fingerprint density at radius 3 is 2.75 bits per heavy atom. The van der Waals surface area contributed by atoms with Gasteiger partial charge in [-0.25, -0.2) is 19.5 Å². The monoisotopic (exact) mass is 319 g/mol. The lowest BCUT2D eigenvalue weighted by molar-refractivity contribution is 0.740. The maximum absolute atomic E-state index is 4.49. The summed E-state index contributed by atoms with van der Waals surface area (Å²) in [6.45, 7) is 0.658. The van der Waals surface area contributed by atoms with Gasteiger partial charge in [-0.2, -0.15) is 5.10 Å². The van der Waals surface area contributed by atoms with Crippen molar-refractivity contribution in [3.05, 3.63) is 60.9 Å². The van der Waals surface area contributed by atoms with Crippen LogP contribution in [0.2, 0.25) is 0 Å². The number of pyridine rings is 2. The fraction of sp³-hybridized carbons (Fsp3) is 0.176. The molecule has 0 amide bonds. The molecule has 4 aromatic rings. The molecule has 120 valence electrons. The highest BCUT2D eigenvalue weighted by atomic mass is 15.3. The van der Waals surface area contributed by atoms with Crippen LogP contribution < -0.4 is 4.90 Å². The van der Waals surface area contributed by atoms with E-state index in [2.05, 4.69) is 24.6 Å². The molecule has 0 aromatic carbocycles. The number of aromatic nitrogens is 6. The molecule has 24 heavy (non-hydrogen) atoms. The second kappa shape index (κ2) is 5.77. The second-order valence-corrected chi connectivity index (χ2v) is 5.73. The van der Waals surface area contributed by atoms with E-state index >= 15 is 0 Å². The van der Waals surface area contributed by atoms with Gasteiger partial charge in [-0.1, -0.05) is 6.07 Å². The normalized spacial score (nSPS) is 11.1. The van der Waals surface area contributed by atoms with Crippen molar-refractivity contribution in [3.8, 4) is 11.4 Å². The minimum atomic E-state index is 0.658. The molecule has 0 aliphatic carbocycles. The molecule has 0 bridgehead atoms. The van der Waals surface area contributed by atoms with Gasteiger partial charge in [0.05, 0.1) is 12.2 Å². The number of imidazole rings is 1. The van der Waals surface area contributed by atoms with Crippen molar-refractivity contribution in [2.75, 3.05) is 19.0 Å². The second-order valence-electron chi connectivity index (χ2n) is 5.73. The van der Waals surface area contributed by atoms with E-state index in [1.165, 1.54) is 0 Å². The van der Waals surface area contributed by atoms with Crippen molar-refractivity contribution < 1.29 is 0 Å². The molecule has 0 radical (unpaired) electrons. The molecule has 0 spiro atoms. The molecule has 4 rings (SSSR count). The average Bonchev–Trinajstić information content (AvgIpc) is 3.24. The molecule has 4 aromatic heterocycles. The van der Waals surface area contributed by atoms with Crippen LogP contribution in [0.4, 0.5) is 5.82 Å². The summed E-state index contributed by atoms with van der Waals surface area (Å²) in [5.41, 5.74) is 2.87. The predicted octanol–water partition coefficient (Wildman–Crippen LogP) is 2.10. The maximum atomic E-state index is 4.49. The topological polar surface area (TPSA) is 64.1 Å². The first-order valence-corrected chi connectivity index (χ1v) is 7.65. The summed E-state index contributed by atoms with van der Waals surface area (Å²) in [5, 5.41) is 4.29. The van der Waals surface area contributed by atoms with E-state index in [0.29, 0.717) is 6.54 Å². The summed E-state index contributed by atoms with van der Waals surface area (Å²) in [6.07, 6.45) is 7.18. The molecule has 0 atom stereocenters. The highest BCUT2D eigenvalue weighted by Gasteiger charge is 2.10. The molecule has 0 unspecified atom stereocenters. The van der Waals surface area contributed by atoms with Crippen molar-refractivity contribution in [1.29, 1.82) is 0 Å². The zero-order valence-electron chi connectivity index (χ0n) is 13.5. The van der Waals surface area contributed by atoms with Crippen LogP contribution in [-0.2, 0) is 6.54 Å². The quantitative estimate of drug-likeness (QED) is 0.576. The number of anilines is 1. The van der Waals surface area contributed by atoms with E-state index in [9.17, 15) is 0 Å². The highest BCUT2D eigenvalue weighted by molar-refractivity contribution is 5.57. The first-order chi connectivity index (χ1) is 11.7. The molecular formula is C17H17N7. The number of hydrogen-bond donors (Lipinski definition) is 0. The Labute approximate surface area is 139 Å². The summed E-state index contributed by atoms with van der Waals surface area (Å²) in [6, 6.07) is 10.0. The van der Waals surface area contributed by atoms with E-state index in [-0.39, 0.29) is 0 Å². The molecule has 4 heterocycles. The predicted molar refractivity (Wildman–Crippen MR) is 91.9 cm³/mol. The van der Waals surface area contributed by atoms with Crippen molar-refractivity contribution in [2.45, 2.75) is 6.54 Å². The molecule has 0 saturated carbocycles. The van der Waals surface area contributed by atoms with Crippen LogP contribution in [0.5, 0.6) is 0 Å². The molecule has 0 aliphatic heterocycles. The van der Waals surface area contributed by atoms with Gasteiger partial charge in [0.1, 0.15) is 18.0 Å². The van der Waals surface area contributed by atoms with Crippen molar-refractivity contribution in [2.24, 2.45) is 0 Å². The zero-order valence-corrected chi connectivity index (χ0v) is 13.5. The standard InChI is InChI=1S/C17H17N7/c1-22(2)15-7-6-13(10-19-15)17-18-8-9-23(17)11-14-4-3-5-16-20-12-21-24(14)16/h3-10,12H,11H2,1-2H3. The highest BCUT2D eigenvalue weighted by Crippen LogP contribution is 2.20. The summed E-state index contributed by atoms with van der Waals surface area (Å²) in [4.78, 5) is 15.2. The molecule has 7 nitrogen and oxygen atoms in total. The summed E-state index contributed by atoms with van der Waals surface area (Å²) in [7, 11) is 3.95. The van der Waals surface area contributed by atoms with Gasteiger partial charge in [-0.15, -0.1) is 0 Å². The first kappa shape index (κ1) is 14.4. The number of rotatable bonds is 4. The third kappa shape index (κ3) is 2.50. The Kier molecular flexibility index (Phi) is 3.45. The number of fused-ring (bicyclic) bond motifs is 1. The van der Waals surface area contributed by atoms with Crippen LogP contribution in [0.1, 0.15) is 5.69 Å². The third-order valence-corrected chi connectivity index (χ3v) is 3.89. The van der Waals surface area contributed by atoms with E-state index in [1.807, 2.05) is 66.2 Å². The fourth-order valence-electron chi connectivity index (χ4n) is 2.68. The first-order valence-electron chi connectivity index (χ1n) is 7.65. The Hall–Kier alpha value is -3.22. The summed E-state index contributed by atoms with van der Waals surface area (Å²) in [5.74, 6) is 1.80. The van der Waals surface area contributed by atoms with Crippen LogP contribution >= 0.6 is 0 Å². The molecule has 0 saturated heterocycles. The molecule has 7 heteroatoms.